The Balaban J connectivity index is 1.86. The van der Waals surface area contributed by atoms with E-state index in [1.54, 1.807) is 55.6 Å². The van der Waals surface area contributed by atoms with Gasteiger partial charge in [-0.2, -0.15) is 0 Å². The molecular formula is C22H22N2O4S. The van der Waals surface area contributed by atoms with E-state index >= 15 is 0 Å². The molecule has 3 rings (SSSR count). The summed E-state index contributed by atoms with van der Waals surface area (Å²) in [7, 11) is -0.751. The third-order valence-electron chi connectivity index (χ3n) is 4.56. The molecule has 0 spiro atoms. The maximum absolute atomic E-state index is 13.1. The average molecular weight is 410 g/mol. The predicted octanol–water partition coefficient (Wildman–Crippen LogP) is 4.08. The lowest BCUT2D eigenvalue weighted by molar-refractivity contribution is 0.102. The highest BCUT2D eigenvalue weighted by Crippen LogP contribution is 2.25. The molecule has 0 saturated heterocycles. The highest BCUT2D eigenvalue weighted by Gasteiger charge is 2.23. The minimum atomic E-state index is -3.82. The topological polar surface area (TPSA) is 75.7 Å². The Morgan fingerprint density at radius 2 is 1.66 bits per heavy atom. The lowest BCUT2D eigenvalue weighted by atomic mass is 10.2. The van der Waals surface area contributed by atoms with Crippen LogP contribution in [0.3, 0.4) is 0 Å². The third-order valence-corrected chi connectivity index (χ3v) is 6.32. The van der Waals surface area contributed by atoms with Gasteiger partial charge in [0.15, 0.2) is 0 Å². The fourth-order valence-corrected chi connectivity index (χ4v) is 4.19. The van der Waals surface area contributed by atoms with Crippen molar-refractivity contribution >= 4 is 27.3 Å². The number of sulfonamides is 1. The molecule has 0 aromatic heterocycles. The Morgan fingerprint density at radius 3 is 2.31 bits per heavy atom. The van der Waals surface area contributed by atoms with Crippen LogP contribution in [0.15, 0.2) is 77.7 Å². The molecule has 0 saturated carbocycles. The molecule has 3 aromatic rings. The van der Waals surface area contributed by atoms with Crippen molar-refractivity contribution in [3.8, 4) is 5.75 Å². The van der Waals surface area contributed by atoms with E-state index < -0.39 is 15.9 Å². The van der Waals surface area contributed by atoms with Gasteiger partial charge < -0.3 is 10.1 Å². The maximum atomic E-state index is 13.1. The van der Waals surface area contributed by atoms with Gasteiger partial charge in [-0.15, -0.1) is 0 Å². The van der Waals surface area contributed by atoms with Crippen LogP contribution in [0.4, 0.5) is 11.4 Å². The summed E-state index contributed by atoms with van der Waals surface area (Å²) in [6.07, 6.45) is 0. The predicted molar refractivity (Wildman–Crippen MR) is 114 cm³/mol. The van der Waals surface area contributed by atoms with Crippen LogP contribution in [-0.2, 0) is 10.0 Å². The summed E-state index contributed by atoms with van der Waals surface area (Å²) in [5, 5.41) is 2.76. The zero-order valence-electron chi connectivity index (χ0n) is 16.4. The standard InChI is InChI=1S/C22H22N2O4S/c1-16-7-4-5-10-21(16)24(2)29(26,27)20-9-6-8-17(15-20)22(25)23-18-11-13-19(28-3)14-12-18/h4-15H,1-3H3,(H,23,25). The van der Waals surface area contributed by atoms with Crippen LogP contribution < -0.4 is 14.4 Å². The van der Waals surface area contributed by atoms with Crippen LogP contribution >= 0.6 is 0 Å². The van der Waals surface area contributed by atoms with Gasteiger partial charge in [0.05, 0.1) is 17.7 Å². The average Bonchev–Trinajstić information content (AvgIpc) is 2.74. The van der Waals surface area contributed by atoms with Crippen LogP contribution in [-0.4, -0.2) is 28.5 Å². The van der Waals surface area contributed by atoms with E-state index in [0.717, 1.165) is 5.56 Å². The third kappa shape index (κ3) is 4.41. The first kappa shape index (κ1) is 20.4. The van der Waals surface area contributed by atoms with Crippen molar-refractivity contribution in [2.75, 3.05) is 23.8 Å². The Kier molecular flexibility index (Phi) is 5.89. The summed E-state index contributed by atoms with van der Waals surface area (Å²) in [4.78, 5) is 12.6. The number of hydrogen-bond donors (Lipinski definition) is 1. The van der Waals surface area contributed by atoms with Crippen molar-refractivity contribution in [2.24, 2.45) is 0 Å². The lowest BCUT2D eigenvalue weighted by Crippen LogP contribution is -2.27. The quantitative estimate of drug-likeness (QED) is 0.664. The van der Waals surface area contributed by atoms with Crippen LogP contribution in [0.5, 0.6) is 5.75 Å². The van der Waals surface area contributed by atoms with Crippen LogP contribution in [0, 0.1) is 6.92 Å². The second-order valence-corrected chi connectivity index (χ2v) is 8.44. The Hall–Kier alpha value is -3.32. The fourth-order valence-electron chi connectivity index (χ4n) is 2.88. The van der Waals surface area contributed by atoms with Crippen LogP contribution in [0.25, 0.3) is 0 Å². The van der Waals surface area contributed by atoms with E-state index in [0.29, 0.717) is 17.1 Å². The number of carbonyl (C=O) groups is 1. The second-order valence-electron chi connectivity index (χ2n) is 6.47. The van der Waals surface area contributed by atoms with Gasteiger partial charge in [-0.25, -0.2) is 8.42 Å². The van der Waals surface area contributed by atoms with Crippen molar-refractivity contribution in [1.29, 1.82) is 0 Å². The number of anilines is 2. The van der Waals surface area contributed by atoms with E-state index in [9.17, 15) is 13.2 Å². The van der Waals surface area contributed by atoms with E-state index in [-0.39, 0.29) is 10.5 Å². The normalized spacial score (nSPS) is 11.0. The minimum Gasteiger partial charge on any atom is -0.497 e. The number of benzene rings is 3. The molecule has 3 aromatic carbocycles. The molecule has 0 radical (unpaired) electrons. The molecule has 7 heteroatoms. The van der Waals surface area contributed by atoms with Crippen molar-refractivity contribution in [3.63, 3.8) is 0 Å². The van der Waals surface area contributed by atoms with Gasteiger partial charge in [0.1, 0.15) is 5.75 Å². The molecule has 0 fully saturated rings. The largest absolute Gasteiger partial charge is 0.497 e. The molecule has 0 aliphatic heterocycles. The summed E-state index contributed by atoms with van der Waals surface area (Å²) in [6, 6.07) is 20.1. The van der Waals surface area contributed by atoms with E-state index in [1.165, 1.54) is 23.5 Å². The zero-order valence-corrected chi connectivity index (χ0v) is 17.2. The lowest BCUT2D eigenvalue weighted by Gasteiger charge is -2.21. The summed E-state index contributed by atoms with van der Waals surface area (Å²) >= 11 is 0. The summed E-state index contributed by atoms with van der Waals surface area (Å²) in [6.45, 7) is 1.85. The molecule has 0 bridgehead atoms. The van der Waals surface area contributed by atoms with Crippen molar-refractivity contribution in [1.82, 2.24) is 0 Å². The number of nitrogens with one attached hydrogen (secondary N) is 1. The zero-order chi connectivity index (χ0) is 21.0. The second kappa shape index (κ2) is 8.36. The van der Waals surface area contributed by atoms with E-state index in [4.69, 9.17) is 4.74 Å². The number of rotatable bonds is 6. The molecule has 1 N–H and O–H groups in total. The van der Waals surface area contributed by atoms with Gasteiger partial charge in [-0.1, -0.05) is 24.3 Å². The Bertz CT molecular complexity index is 1130. The van der Waals surface area contributed by atoms with Gasteiger partial charge in [-0.05, 0) is 61.0 Å². The number of para-hydroxylation sites is 1. The number of ether oxygens (including phenoxy) is 1. The molecule has 6 nitrogen and oxygen atoms in total. The monoisotopic (exact) mass is 410 g/mol. The summed E-state index contributed by atoms with van der Waals surface area (Å²) in [5.74, 6) is 0.279. The van der Waals surface area contributed by atoms with E-state index in [2.05, 4.69) is 5.32 Å². The maximum Gasteiger partial charge on any atom is 0.264 e. The number of amides is 1. The molecule has 1 amide bonds. The molecule has 0 atom stereocenters. The van der Waals surface area contributed by atoms with Crippen LogP contribution in [0.2, 0.25) is 0 Å². The van der Waals surface area contributed by atoms with Gasteiger partial charge >= 0.3 is 0 Å². The molecule has 0 heterocycles. The number of hydrogen-bond acceptors (Lipinski definition) is 4. The highest BCUT2D eigenvalue weighted by molar-refractivity contribution is 7.92. The molecule has 0 unspecified atom stereocenters. The van der Waals surface area contributed by atoms with Crippen molar-refractivity contribution < 1.29 is 17.9 Å². The van der Waals surface area contributed by atoms with E-state index in [1.807, 2.05) is 19.1 Å². The summed E-state index contributed by atoms with van der Waals surface area (Å²) < 4.78 is 32.5. The molecule has 0 aliphatic rings. The minimum absolute atomic E-state index is 0.0469. The Labute approximate surface area is 170 Å². The van der Waals surface area contributed by atoms with Gasteiger partial charge in [0.2, 0.25) is 0 Å². The number of nitrogens with zero attached hydrogens (tertiary/aromatic N) is 1. The van der Waals surface area contributed by atoms with Gasteiger partial charge in [-0.3, -0.25) is 9.10 Å². The fraction of sp³-hybridized carbons (Fsp3) is 0.136. The first-order valence-electron chi connectivity index (χ1n) is 8.93. The van der Waals surface area contributed by atoms with Gasteiger partial charge in [0.25, 0.3) is 15.9 Å². The first-order valence-corrected chi connectivity index (χ1v) is 10.4. The number of methoxy groups -OCH3 is 1. The van der Waals surface area contributed by atoms with Crippen molar-refractivity contribution in [2.45, 2.75) is 11.8 Å². The SMILES string of the molecule is COc1ccc(NC(=O)c2cccc(S(=O)(=O)N(C)c3ccccc3C)c2)cc1. The Morgan fingerprint density at radius 1 is 0.966 bits per heavy atom. The smallest absolute Gasteiger partial charge is 0.264 e. The first-order chi connectivity index (χ1) is 13.8. The number of aryl methyl sites for hydroxylation is 1. The number of carbonyl (C=O) groups excluding carboxylic acids is 1. The molecule has 150 valence electrons. The molecular weight excluding hydrogens is 388 g/mol. The molecule has 0 aliphatic carbocycles. The van der Waals surface area contributed by atoms with Gasteiger partial charge in [0, 0.05) is 18.3 Å². The van der Waals surface area contributed by atoms with Crippen molar-refractivity contribution in [3.05, 3.63) is 83.9 Å². The van der Waals surface area contributed by atoms with Crippen LogP contribution in [0.1, 0.15) is 15.9 Å². The summed E-state index contributed by atoms with van der Waals surface area (Å²) in [5.41, 5.74) is 2.26. The molecule has 29 heavy (non-hydrogen) atoms. The highest BCUT2D eigenvalue weighted by atomic mass is 32.2.